The summed E-state index contributed by atoms with van der Waals surface area (Å²) in [6, 6.07) is 0. The summed E-state index contributed by atoms with van der Waals surface area (Å²) in [4.78, 5) is 10.6. The maximum atomic E-state index is 10.6. The number of carboxylic acid groups (broad SMARTS) is 1. The van der Waals surface area contributed by atoms with E-state index in [2.05, 4.69) is 6.58 Å². The van der Waals surface area contributed by atoms with Crippen molar-refractivity contribution in [3.05, 3.63) is 12.7 Å². The van der Waals surface area contributed by atoms with Crippen molar-refractivity contribution < 1.29 is 9.90 Å². The van der Waals surface area contributed by atoms with Gasteiger partial charge in [-0.15, -0.1) is 6.58 Å². The van der Waals surface area contributed by atoms with Crippen LogP contribution in [-0.2, 0) is 4.79 Å². The quantitative estimate of drug-likeness (QED) is 0.620. The lowest BCUT2D eigenvalue weighted by Gasteiger charge is -2.14. The molecule has 0 aromatic rings. The van der Waals surface area contributed by atoms with E-state index in [1.807, 2.05) is 13.8 Å². The Labute approximate surface area is 67.9 Å². The monoisotopic (exact) mass is 156 g/mol. The zero-order chi connectivity index (χ0) is 8.85. The third-order valence-electron chi connectivity index (χ3n) is 1.80. The van der Waals surface area contributed by atoms with E-state index in [1.54, 1.807) is 6.08 Å². The minimum atomic E-state index is -0.693. The second-order valence-corrected chi connectivity index (χ2v) is 3.05. The summed E-state index contributed by atoms with van der Waals surface area (Å²) < 4.78 is 0. The fourth-order valence-electron chi connectivity index (χ4n) is 1.04. The van der Waals surface area contributed by atoms with Crippen LogP contribution in [0.15, 0.2) is 12.7 Å². The fraction of sp³-hybridized carbons (Fsp3) is 0.667. The van der Waals surface area contributed by atoms with Gasteiger partial charge in [0.05, 0.1) is 5.92 Å². The predicted molar refractivity (Wildman–Crippen MR) is 45.4 cm³/mol. The van der Waals surface area contributed by atoms with Crippen LogP contribution < -0.4 is 0 Å². The molecule has 0 aliphatic carbocycles. The normalized spacial score (nSPS) is 13.0. The first-order valence-corrected chi connectivity index (χ1v) is 3.93. The van der Waals surface area contributed by atoms with E-state index in [-0.39, 0.29) is 11.8 Å². The highest BCUT2D eigenvalue weighted by Gasteiger charge is 2.19. The molecule has 11 heavy (non-hydrogen) atoms. The van der Waals surface area contributed by atoms with Gasteiger partial charge < -0.3 is 5.11 Å². The van der Waals surface area contributed by atoms with Crippen molar-refractivity contribution in [3.63, 3.8) is 0 Å². The van der Waals surface area contributed by atoms with Crippen molar-refractivity contribution in [2.75, 3.05) is 0 Å². The topological polar surface area (TPSA) is 37.3 Å². The third-order valence-corrected chi connectivity index (χ3v) is 1.80. The Hall–Kier alpha value is -0.790. The van der Waals surface area contributed by atoms with Crippen LogP contribution in [0.5, 0.6) is 0 Å². The molecule has 0 heterocycles. The van der Waals surface area contributed by atoms with Gasteiger partial charge in [0.1, 0.15) is 0 Å². The van der Waals surface area contributed by atoms with Gasteiger partial charge in [0.2, 0.25) is 0 Å². The number of hydrogen-bond acceptors (Lipinski definition) is 1. The minimum absolute atomic E-state index is 0.215. The molecule has 0 aromatic heterocycles. The summed E-state index contributed by atoms with van der Waals surface area (Å²) in [7, 11) is 0. The molecule has 0 aliphatic rings. The van der Waals surface area contributed by atoms with E-state index in [9.17, 15) is 4.79 Å². The van der Waals surface area contributed by atoms with E-state index in [1.165, 1.54) is 0 Å². The molecule has 2 nitrogen and oxygen atoms in total. The van der Waals surface area contributed by atoms with Crippen molar-refractivity contribution in [2.45, 2.75) is 26.7 Å². The molecule has 0 radical (unpaired) electrons. The van der Waals surface area contributed by atoms with Crippen LogP contribution in [0.3, 0.4) is 0 Å². The van der Waals surface area contributed by atoms with Crippen molar-refractivity contribution in [2.24, 2.45) is 11.8 Å². The summed E-state index contributed by atoms with van der Waals surface area (Å²) in [6.45, 7) is 7.42. The van der Waals surface area contributed by atoms with Crippen LogP contribution in [0.4, 0.5) is 0 Å². The molecule has 0 fully saturated rings. The van der Waals surface area contributed by atoms with Crippen molar-refractivity contribution in [3.8, 4) is 0 Å². The van der Waals surface area contributed by atoms with Gasteiger partial charge in [-0.05, 0) is 18.8 Å². The Morgan fingerprint density at radius 2 is 2.18 bits per heavy atom. The summed E-state index contributed by atoms with van der Waals surface area (Å²) in [5.41, 5.74) is 0. The average molecular weight is 156 g/mol. The molecule has 0 spiro atoms. The number of allylic oxidation sites excluding steroid dienone is 1. The molecule has 1 atom stereocenters. The van der Waals surface area contributed by atoms with E-state index >= 15 is 0 Å². The lowest BCUT2D eigenvalue weighted by Crippen LogP contribution is -2.19. The SMILES string of the molecule is C=CCCC(C(=O)O)C(C)C. The minimum Gasteiger partial charge on any atom is -0.481 e. The molecule has 64 valence electrons. The maximum absolute atomic E-state index is 10.6. The van der Waals surface area contributed by atoms with E-state index in [0.29, 0.717) is 6.42 Å². The lowest BCUT2D eigenvalue weighted by molar-refractivity contribution is -0.143. The Morgan fingerprint density at radius 3 is 2.45 bits per heavy atom. The maximum Gasteiger partial charge on any atom is 0.306 e. The highest BCUT2D eigenvalue weighted by molar-refractivity contribution is 5.70. The smallest absolute Gasteiger partial charge is 0.306 e. The van der Waals surface area contributed by atoms with Crippen molar-refractivity contribution in [1.29, 1.82) is 0 Å². The van der Waals surface area contributed by atoms with Gasteiger partial charge in [-0.2, -0.15) is 0 Å². The first-order chi connectivity index (χ1) is 5.09. The van der Waals surface area contributed by atoms with E-state index < -0.39 is 5.97 Å². The molecular formula is C9H16O2. The van der Waals surface area contributed by atoms with Crippen LogP contribution in [0.1, 0.15) is 26.7 Å². The number of hydrogen-bond donors (Lipinski definition) is 1. The van der Waals surface area contributed by atoms with Gasteiger partial charge in [-0.1, -0.05) is 19.9 Å². The van der Waals surface area contributed by atoms with Gasteiger partial charge in [-0.25, -0.2) is 0 Å². The largest absolute Gasteiger partial charge is 0.481 e. The summed E-state index contributed by atoms with van der Waals surface area (Å²) in [5.74, 6) is -0.692. The number of aliphatic carboxylic acids is 1. The fourth-order valence-corrected chi connectivity index (χ4v) is 1.04. The second-order valence-electron chi connectivity index (χ2n) is 3.05. The Morgan fingerprint density at radius 1 is 1.64 bits per heavy atom. The van der Waals surface area contributed by atoms with Gasteiger partial charge in [-0.3, -0.25) is 4.79 Å². The van der Waals surface area contributed by atoms with Crippen LogP contribution in [0.25, 0.3) is 0 Å². The molecule has 0 amide bonds. The van der Waals surface area contributed by atoms with Crippen LogP contribution >= 0.6 is 0 Å². The van der Waals surface area contributed by atoms with Gasteiger partial charge in [0, 0.05) is 0 Å². The van der Waals surface area contributed by atoms with Crippen LogP contribution in [0.2, 0.25) is 0 Å². The first-order valence-electron chi connectivity index (χ1n) is 3.93. The average Bonchev–Trinajstić information content (AvgIpc) is 1.87. The highest BCUT2D eigenvalue weighted by atomic mass is 16.4. The van der Waals surface area contributed by atoms with Crippen LogP contribution in [-0.4, -0.2) is 11.1 Å². The molecule has 1 unspecified atom stereocenters. The molecule has 0 aromatic carbocycles. The van der Waals surface area contributed by atoms with Crippen LogP contribution in [0, 0.1) is 11.8 Å². The van der Waals surface area contributed by atoms with Gasteiger partial charge in [0.25, 0.3) is 0 Å². The third kappa shape index (κ3) is 3.81. The van der Waals surface area contributed by atoms with E-state index in [0.717, 1.165) is 6.42 Å². The predicted octanol–water partition coefficient (Wildman–Crippen LogP) is 2.31. The Bertz CT molecular complexity index is 138. The molecule has 0 saturated carbocycles. The summed E-state index contributed by atoms with van der Waals surface area (Å²) >= 11 is 0. The zero-order valence-electron chi connectivity index (χ0n) is 7.21. The molecule has 0 rings (SSSR count). The van der Waals surface area contributed by atoms with Crippen molar-refractivity contribution in [1.82, 2.24) is 0 Å². The molecular weight excluding hydrogens is 140 g/mol. The Kier molecular flexibility index (Phi) is 4.59. The molecule has 0 aliphatic heterocycles. The summed E-state index contributed by atoms with van der Waals surface area (Å²) in [5, 5.41) is 8.74. The zero-order valence-corrected chi connectivity index (χ0v) is 7.21. The Balaban J connectivity index is 3.89. The number of carbonyl (C=O) groups is 1. The second kappa shape index (κ2) is 4.94. The standard InChI is InChI=1S/C9H16O2/c1-4-5-6-8(7(2)3)9(10)11/h4,7-8H,1,5-6H2,2-3H3,(H,10,11). The highest BCUT2D eigenvalue weighted by Crippen LogP contribution is 2.17. The van der Waals surface area contributed by atoms with Crippen molar-refractivity contribution >= 4 is 5.97 Å². The molecule has 1 N–H and O–H groups in total. The number of rotatable bonds is 5. The number of carboxylic acids is 1. The first kappa shape index (κ1) is 10.2. The molecule has 0 saturated heterocycles. The van der Waals surface area contributed by atoms with Gasteiger partial charge >= 0.3 is 5.97 Å². The molecule has 2 heteroatoms. The lowest BCUT2D eigenvalue weighted by atomic mass is 9.91. The van der Waals surface area contributed by atoms with Gasteiger partial charge in [0.15, 0.2) is 0 Å². The van der Waals surface area contributed by atoms with E-state index in [4.69, 9.17) is 5.11 Å². The molecule has 0 bridgehead atoms. The summed E-state index contributed by atoms with van der Waals surface area (Å²) in [6.07, 6.45) is 3.25.